The third-order valence-electron chi connectivity index (χ3n) is 4.28. The number of aromatic nitrogens is 2. The smallest absolute Gasteiger partial charge is 0.150 e. The van der Waals surface area contributed by atoms with Crippen molar-refractivity contribution in [2.24, 2.45) is 0 Å². The molecule has 20 heavy (non-hydrogen) atoms. The second-order valence-electron chi connectivity index (χ2n) is 5.66. The van der Waals surface area contributed by atoms with E-state index in [0.717, 1.165) is 38.2 Å². The zero-order valence-corrected chi connectivity index (χ0v) is 11.8. The highest BCUT2D eigenvalue weighted by Crippen LogP contribution is 2.34. The Morgan fingerprint density at radius 3 is 2.90 bits per heavy atom. The summed E-state index contributed by atoms with van der Waals surface area (Å²) < 4.78 is 13.4. The normalized spacial score (nSPS) is 26.1. The first-order valence-electron chi connectivity index (χ1n) is 7.61. The summed E-state index contributed by atoms with van der Waals surface area (Å²) in [6.45, 7) is 3.85. The maximum absolute atomic E-state index is 5.92. The molecule has 2 aromatic rings. The lowest BCUT2D eigenvalue weighted by atomic mass is 10.1. The van der Waals surface area contributed by atoms with E-state index in [4.69, 9.17) is 14.6 Å². The lowest BCUT2D eigenvalue weighted by Crippen LogP contribution is -2.19. The minimum absolute atomic E-state index is 0.0990. The SMILES string of the molecule is CCc1nn(C2CCCCO2)c2cc(C3CO3)ccc12. The average Bonchev–Trinajstić information content (AvgIpc) is 3.29. The molecule has 4 heteroatoms. The number of aryl methyl sites for hydroxylation is 1. The van der Waals surface area contributed by atoms with Crippen molar-refractivity contribution in [1.29, 1.82) is 0 Å². The van der Waals surface area contributed by atoms with Gasteiger partial charge in [0.15, 0.2) is 6.23 Å². The van der Waals surface area contributed by atoms with Crippen LogP contribution in [0, 0.1) is 0 Å². The molecule has 2 fully saturated rings. The number of fused-ring (bicyclic) bond motifs is 1. The fourth-order valence-corrected chi connectivity index (χ4v) is 3.06. The summed E-state index contributed by atoms with van der Waals surface area (Å²) >= 11 is 0. The number of hydrogen-bond acceptors (Lipinski definition) is 3. The van der Waals surface area contributed by atoms with Gasteiger partial charge < -0.3 is 9.47 Å². The molecule has 3 heterocycles. The summed E-state index contributed by atoms with van der Waals surface area (Å²) in [6, 6.07) is 6.60. The van der Waals surface area contributed by atoms with E-state index < -0.39 is 0 Å². The highest BCUT2D eigenvalue weighted by Gasteiger charge is 2.27. The number of nitrogens with zero attached hydrogens (tertiary/aromatic N) is 2. The fourth-order valence-electron chi connectivity index (χ4n) is 3.06. The molecule has 2 aliphatic heterocycles. The Hall–Kier alpha value is -1.39. The Morgan fingerprint density at radius 1 is 1.30 bits per heavy atom. The molecule has 2 aliphatic rings. The molecule has 1 aromatic heterocycles. The largest absolute Gasteiger partial charge is 0.368 e. The molecule has 0 spiro atoms. The van der Waals surface area contributed by atoms with Crippen molar-refractivity contribution in [3.05, 3.63) is 29.5 Å². The van der Waals surface area contributed by atoms with E-state index in [1.807, 2.05) is 0 Å². The predicted octanol–water partition coefficient (Wildman–Crippen LogP) is 3.37. The molecular formula is C16H20N2O2. The van der Waals surface area contributed by atoms with Crippen molar-refractivity contribution in [3.8, 4) is 0 Å². The molecule has 2 atom stereocenters. The minimum atomic E-state index is 0.0990. The Labute approximate surface area is 118 Å². The molecule has 0 aliphatic carbocycles. The first-order chi connectivity index (χ1) is 9.86. The molecule has 0 amide bonds. The molecule has 2 saturated heterocycles. The van der Waals surface area contributed by atoms with Crippen molar-refractivity contribution in [1.82, 2.24) is 9.78 Å². The number of rotatable bonds is 3. The molecule has 0 saturated carbocycles. The van der Waals surface area contributed by atoms with Gasteiger partial charge in [-0.2, -0.15) is 5.10 Å². The highest BCUT2D eigenvalue weighted by molar-refractivity contribution is 5.83. The summed E-state index contributed by atoms with van der Waals surface area (Å²) in [5, 5.41) is 6.06. The van der Waals surface area contributed by atoms with E-state index in [9.17, 15) is 0 Å². The van der Waals surface area contributed by atoms with Gasteiger partial charge in [-0.15, -0.1) is 0 Å². The highest BCUT2D eigenvalue weighted by atomic mass is 16.6. The van der Waals surface area contributed by atoms with Crippen LogP contribution in [0.2, 0.25) is 0 Å². The van der Waals surface area contributed by atoms with Crippen molar-refractivity contribution in [2.75, 3.05) is 13.2 Å². The maximum Gasteiger partial charge on any atom is 0.150 e. The van der Waals surface area contributed by atoms with Gasteiger partial charge in [-0.25, -0.2) is 4.68 Å². The second-order valence-corrected chi connectivity index (χ2v) is 5.66. The zero-order valence-electron chi connectivity index (χ0n) is 11.8. The van der Waals surface area contributed by atoms with Gasteiger partial charge in [0.1, 0.15) is 6.10 Å². The summed E-state index contributed by atoms with van der Waals surface area (Å²) in [5.41, 5.74) is 3.62. The van der Waals surface area contributed by atoms with Crippen LogP contribution in [-0.4, -0.2) is 23.0 Å². The van der Waals surface area contributed by atoms with Crippen LogP contribution >= 0.6 is 0 Å². The van der Waals surface area contributed by atoms with Crippen LogP contribution in [0.25, 0.3) is 10.9 Å². The van der Waals surface area contributed by atoms with Crippen LogP contribution in [0.1, 0.15) is 49.8 Å². The number of hydrogen-bond donors (Lipinski definition) is 0. The van der Waals surface area contributed by atoms with Gasteiger partial charge >= 0.3 is 0 Å². The topological polar surface area (TPSA) is 39.6 Å². The molecular weight excluding hydrogens is 252 g/mol. The monoisotopic (exact) mass is 272 g/mol. The van der Waals surface area contributed by atoms with Crippen molar-refractivity contribution in [3.63, 3.8) is 0 Å². The minimum Gasteiger partial charge on any atom is -0.368 e. The first kappa shape index (κ1) is 12.4. The Morgan fingerprint density at radius 2 is 2.20 bits per heavy atom. The predicted molar refractivity (Wildman–Crippen MR) is 76.6 cm³/mol. The van der Waals surface area contributed by atoms with Crippen LogP contribution < -0.4 is 0 Å². The van der Waals surface area contributed by atoms with E-state index in [-0.39, 0.29) is 6.23 Å². The second kappa shape index (κ2) is 4.86. The number of benzene rings is 1. The van der Waals surface area contributed by atoms with Crippen LogP contribution in [-0.2, 0) is 15.9 Å². The molecule has 0 radical (unpaired) electrons. The van der Waals surface area contributed by atoms with Crippen LogP contribution in [0.4, 0.5) is 0 Å². The van der Waals surface area contributed by atoms with Gasteiger partial charge in [-0.05, 0) is 37.3 Å². The Balaban J connectivity index is 1.82. The van der Waals surface area contributed by atoms with E-state index in [1.165, 1.54) is 22.9 Å². The van der Waals surface area contributed by atoms with E-state index in [2.05, 4.69) is 29.8 Å². The molecule has 4 rings (SSSR count). The molecule has 4 nitrogen and oxygen atoms in total. The van der Waals surface area contributed by atoms with Crippen LogP contribution in [0.3, 0.4) is 0 Å². The van der Waals surface area contributed by atoms with Crippen LogP contribution in [0.15, 0.2) is 18.2 Å². The van der Waals surface area contributed by atoms with Gasteiger partial charge in [0, 0.05) is 12.0 Å². The van der Waals surface area contributed by atoms with Crippen molar-refractivity contribution >= 4 is 10.9 Å². The maximum atomic E-state index is 5.92. The van der Waals surface area contributed by atoms with Crippen LogP contribution in [0.5, 0.6) is 0 Å². The van der Waals surface area contributed by atoms with E-state index >= 15 is 0 Å². The van der Waals surface area contributed by atoms with Gasteiger partial charge in [0.2, 0.25) is 0 Å². The third-order valence-corrected chi connectivity index (χ3v) is 4.28. The third kappa shape index (κ3) is 2.03. The van der Waals surface area contributed by atoms with Gasteiger partial charge in [-0.3, -0.25) is 0 Å². The molecule has 0 bridgehead atoms. The number of epoxide rings is 1. The molecule has 2 unspecified atom stereocenters. The number of ether oxygens (including phenoxy) is 2. The standard InChI is InChI=1S/C16H20N2O2/c1-2-13-12-7-6-11(15-10-20-15)9-14(12)18(17-13)16-5-3-4-8-19-16/h6-7,9,15-16H,2-5,8,10H2,1H3. The quantitative estimate of drug-likeness (QED) is 0.804. The van der Waals surface area contributed by atoms with Gasteiger partial charge in [-0.1, -0.05) is 19.1 Å². The summed E-state index contributed by atoms with van der Waals surface area (Å²) in [4.78, 5) is 0. The Bertz CT molecular complexity index is 625. The van der Waals surface area contributed by atoms with Crippen molar-refractivity contribution in [2.45, 2.75) is 44.9 Å². The molecule has 1 aromatic carbocycles. The fraction of sp³-hybridized carbons (Fsp3) is 0.562. The molecule has 0 N–H and O–H groups in total. The lowest BCUT2D eigenvalue weighted by molar-refractivity contribution is -0.0368. The van der Waals surface area contributed by atoms with E-state index in [0.29, 0.717) is 6.10 Å². The molecule has 106 valence electrons. The summed E-state index contributed by atoms with van der Waals surface area (Å²) in [5.74, 6) is 0. The van der Waals surface area contributed by atoms with E-state index in [1.54, 1.807) is 0 Å². The lowest BCUT2D eigenvalue weighted by Gasteiger charge is -2.23. The summed E-state index contributed by atoms with van der Waals surface area (Å²) in [6.07, 6.45) is 4.79. The first-order valence-corrected chi connectivity index (χ1v) is 7.61. The zero-order chi connectivity index (χ0) is 13.5. The van der Waals surface area contributed by atoms with Gasteiger partial charge in [0.25, 0.3) is 0 Å². The van der Waals surface area contributed by atoms with Crippen molar-refractivity contribution < 1.29 is 9.47 Å². The average molecular weight is 272 g/mol. The van der Waals surface area contributed by atoms with Gasteiger partial charge in [0.05, 0.1) is 17.8 Å². The Kier molecular flexibility index (Phi) is 3.00. The summed E-state index contributed by atoms with van der Waals surface area (Å²) in [7, 11) is 0.